The van der Waals surface area contributed by atoms with E-state index in [1.165, 1.54) is 19.3 Å². The number of unbranched alkanes of at least 4 members (excludes halogenated alkanes) is 1. The molecule has 128 valence electrons. The van der Waals surface area contributed by atoms with Gasteiger partial charge >= 0.3 is 0 Å². The zero-order valence-corrected chi connectivity index (χ0v) is 15.1. The van der Waals surface area contributed by atoms with Gasteiger partial charge in [0.25, 0.3) is 0 Å². The number of isocyanates is 1. The van der Waals surface area contributed by atoms with Gasteiger partial charge in [-0.2, -0.15) is 4.99 Å². The van der Waals surface area contributed by atoms with Gasteiger partial charge in [0.05, 0.1) is 12.3 Å². The van der Waals surface area contributed by atoms with Crippen LogP contribution in [0.2, 0.25) is 0 Å². The molecule has 0 amide bonds. The van der Waals surface area contributed by atoms with Crippen LogP contribution in [0.5, 0.6) is 0 Å². The van der Waals surface area contributed by atoms with E-state index in [1.807, 2.05) is 0 Å². The van der Waals surface area contributed by atoms with Crippen LogP contribution < -0.4 is 5.32 Å². The lowest BCUT2D eigenvalue weighted by atomic mass is 9.67. The van der Waals surface area contributed by atoms with E-state index in [2.05, 4.69) is 44.9 Å². The third-order valence-corrected chi connectivity index (χ3v) is 5.30. The zero-order chi connectivity index (χ0) is 16.6. The van der Waals surface area contributed by atoms with Crippen molar-refractivity contribution in [3.8, 4) is 0 Å². The molecule has 22 heavy (non-hydrogen) atoms. The minimum absolute atomic E-state index is 0.0475. The number of nitrogens with zero attached hydrogens (tertiary/aromatic N) is 1. The van der Waals surface area contributed by atoms with Crippen LogP contribution in [0.3, 0.4) is 0 Å². The van der Waals surface area contributed by atoms with Gasteiger partial charge in [-0.25, -0.2) is 4.79 Å². The average molecular weight is 310 g/mol. The molecule has 0 aromatic carbocycles. The van der Waals surface area contributed by atoms with Crippen LogP contribution in [0.25, 0.3) is 0 Å². The van der Waals surface area contributed by atoms with Gasteiger partial charge in [0.15, 0.2) is 0 Å². The molecule has 0 saturated heterocycles. The molecule has 1 N–H and O–H groups in total. The lowest BCUT2D eigenvalue weighted by Gasteiger charge is -2.43. The lowest BCUT2D eigenvalue weighted by Crippen LogP contribution is -2.50. The number of carbonyl (C=O) groups excluding carboxylic acids is 1. The molecule has 2 unspecified atom stereocenters. The standard InChI is InChI=1S/C18H34N2O2/c1-6-7-11-22-14-20-18(4,5)16-10-8-9-15(12-16)17(2,3)19-13-21/h15-16,20H,6-12,14H2,1-5H3. The van der Waals surface area contributed by atoms with Crippen molar-refractivity contribution in [3.05, 3.63) is 0 Å². The summed E-state index contributed by atoms with van der Waals surface area (Å²) in [5, 5.41) is 3.56. The molecule has 1 rings (SSSR count). The molecular formula is C18H34N2O2. The van der Waals surface area contributed by atoms with E-state index < -0.39 is 0 Å². The van der Waals surface area contributed by atoms with E-state index in [-0.39, 0.29) is 11.1 Å². The Hall–Kier alpha value is -0.700. The monoisotopic (exact) mass is 310 g/mol. The van der Waals surface area contributed by atoms with E-state index in [9.17, 15) is 4.79 Å². The Morgan fingerprint density at radius 1 is 1.23 bits per heavy atom. The van der Waals surface area contributed by atoms with E-state index in [4.69, 9.17) is 4.74 Å². The Labute approximate surface area is 136 Å². The number of nitrogens with one attached hydrogen (secondary N) is 1. The quantitative estimate of drug-likeness (QED) is 0.302. The average Bonchev–Trinajstić information content (AvgIpc) is 2.47. The van der Waals surface area contributed by atoms with E-state index in [0.29, 0.717) is 18.6 Å². The summed E-state index contributed by atoms with van der Waals surface area (Å²) in [6.45, 7) is 12.3. The van der Waals surface area contributed by atoms with Gasteiger partial charge in [-0.3, -0.25) is 5.32 Å². The normalized spacial score (nSPS) is 23.1. The predicted molar refractivity (Wildman–Crippen MR) is 90.6 cm³/mol. The largest absolute Gasteiger partial charge is 0.366 e. The Morgan fingerprint density at radius 2 is 1.91 bits per heavy atom. The molecule has 0 bridgehead atoms. The van der Waals surface area contributed by atoms with Crippen LogP contribution in [0.15, 0.2) is 4.99 Å². The van der Waals surface area contributed by atoms with Crippen molar-refractivity contribution in [2.75, 3.05) is 13.3 Å². The molecule has 0 aliphatic heterocycles. The van der Waals surface area contributed by atoms with Gasteiger partial charge in [0, 0.05) is 12.1 Å². The molecule has 0 radical (unpaired) electrons. The summed E-state index contributed by atoms with van der Waals surface area (Å²) >= 11 is 0. The van der Waals surface area contributed by atoms with Crippen LogP contribution in [0.4, 0.5) is 0 Å². The second-order valence-electron chi connectivity index (χ2n) is 7.72. The van der Waals surface area contributed by atoms with Crippen LogP contribution in [0.1, 0.15) is 73.1 Å². The Balaban J connectivity index is 2.53. The summed E-state index contributed by atoms with van der Waals surface area (Å²) in [6, 6.07) is 0. The van der Waals surface area contributed by atoms with Gasteiger partial charge in [0.2, 0.25) is 6.08 Å². The van der Waals surface area contributed by atoms with Crippen molar-refractivity contribution in [1.29, 1.82) is 0 Å². The maximum Gasteiger partial charge on any atom is 0.235 e. The Kier molecular flexibility index (Phi) is 7.75. The van der Waals surface area contributed by atoms with Crippen LogP contribution in [0, 0.1) is 11.8 Å². The third-order valence-electron chi connectivity index (χ3n) is 5.30. The highest BCUT2D eigenvalue weighted by atomic mass is 16.5. The van der Waals surface area contributed by atoms with Crippen molar-refractivity contribution in [3.63, 3.8) is 0 Å². The van der Waals surface area contributed by atoms with Gasteiger partial charge in [0.1, 0.15) is 0 Å². The molecule has 0 aromatic rings. The van der Waals surface area contributed by atoms with Crippen molar-refractivity contribution < 1.29 is 9.53 Å². The minimum atomic E-state index is -0.297. The highest BCUT2D eigenvalue weighted by molar-refractivity contribution is 5.34. The topological polar surface area (TPSA) is 50.7 Å². The highest BCUT2D eigenvalue weighted by Gasteiger charge is 2.39. The van der Waals surface area contributed by atoms with Gasteiger partial charge in [-0.1, -0.05) is 19.8 Å². The molecule has 0 aromatic heterocycles. The first-order valence-corrected chi connectivity index (χ1v) is 8.75. The summed E-state index contributed by atoms with van der Waals surface area (Å²) < 4.78 is 5.65. The Morgan fingerprint density at radius 3 is 2.55 bits per heavy atom. The molecule has 0 spiro atoms. The fraction of sp³-hybridized carbons (Fsp3) is 0.944. The third kappa shape index (κ3) is 5.83. The predicted octanol–water partition coefficient (Wildman–Crippen LogP) is 4.05. The highest BCUT2D eigenvalue weighted by Crippen LogP contribution is 2.41. The second-order valence-corrected chi connectivity index (χ2v) is 7.72. The summed E-state index contributed by atoms with van der Waals surface area (Å²) in [5.74, 6) is 1.04. The van der Waals surface area contributed by atoms with Crippen molar-refractivity contribution in [2.45, 2.75) is 84.2 Å². The van der Waals surface area contributed by atoms with Gasteiger partial charge in [-0.15, -0.1) is 0 Å². The van der Waals surface area contributed by atoms with E-state index >= 15 is 0 Å². The molecule has 1 aliphatic carbocycles. The number of hydrogen-bond donors (Lipinski definition) is 1. The lowest BCUT2D eigenvalue weighted by molar-refractivity contribution is 0.0586. The smallest absolute Gasteiger partial charge is 0.235 e. The first-order valence-electron chi connectivity index (χ1n) is 8.75. The van der Waals surface area contributed by atoms with Crippen LogP contribution >= 0.6 is 0 Å². The molecule has 1 saturated carbocycles. The summed E-state index contributed by atoms with van der Waals surface area (Å²) in [7, 11) is 0. The number of rotatable bonds is 9. The van der Waals surface area contributed by atoms with Gasteiger partial charge < -0.3 is 4.74 Å². The van der Waals surface area contributed by atoms with Crippen molar-refractivity contribution in [2.24, 2.45) is 16.8 Å². The molecule has 2 atom stereocenters. The molecule has 1 fully saturated rings. The number of aliphatic imine (C=N–C) groups is 1. The minimum Gasteiger partial charge on any atom is -0.366 e. The summed E-state index contributed by atoms with van der Waals surface area (Å²) in [5.41, 5.74) is -0.250. The molecular weight excluding hydrogens is 276 g/mol. The number of hydrogen-bond acceptors (Lipinski definition) is 4. The maximum absolute atomic E-state index is 10.6. The van der Waals surface area contributed by atoms with E-state index in [0.717, 1.165) is 25.9 Å². The maximum atomic E-state index is 10.6. The first-order chi connectivity index (χ1) is 10.3. The van der Waals surface area contributed by atoms with Gasteiger partial charge in [-0.05, 0) is 65.2 Å². The number of ether oxygens (including phenoxy) is 1. The summed E-state index contributed by atoms with van der Waals surface area (Å²) in [4.78, 5) is 14.7. The van der Waals surface area contributed by atoms with Crippen molar-refractivity contribution in [1.82, 2.24) is 5.32 Å². The molecule has 0 heterocycles. The fourth-order valence-electron chi connectivity index (χ4n) is 3.40. The van der Waals surface area contributed by atoms with Crippen LogP contribution in [-0.4, -0.2) is 30.5 Å². The van der Waals surface area contributed by atoms with Crippen LogP contribution in [-0.2, 0) is 9.53 Å². The second kappa shape index (κ2) is 8.81. The molecule has 4 nitrogen and oxygen atoms in total. The van der Waals surface area contributed by atoms with Crippen molar-refractivity contribution >= 4 is 6.08 Å². The first kappa shape index (κ1) is 19.3. The Bertz CT molecular complexity index is 373. The molecule has 1 aliphatic rings. The zero-order valence-electron chi connectivity index (χ0n) is 15.1. The fourth-order valence-corrected chi connectivity index (χ4v) is 3.40. The SMILES string of the molecule is CCCCOCNC(C)(C)C1CCCC(C(C)(C)N=C=O)C1. The summed E-state index contributed by atoms with van der Waals surface area (Å²) in [6.07, 6.45) is 8.72. The molecule has 4 heteroatoms. The van der Waals surface area contributed by atoms with E-state index in [1.54, 1.807) is 6.08 Å².